The first kappa shape index (κ1) is 6.30. The molecular formula is C4H10N2O. The van der Waals surface area contributed by atoms with Crippen molar-refractivity contribution in [3.05, 3.63) is 12.0 Å². The summed E-state index contributed by atoms with van der Waals surface area (Å²) in [5.41, 5.74) is 5.03. The molecule has 3 heteroatoms. The Kier molecular flexibility index (Phi) is 3.14. The third-order valence-electron chi connectivity index (χ3n) is 0.686. The van der Waals surface area contributed by atoms with Gasteiger partial charge in [0.2, 0.25) is 0 Å². The summed E-state index contributed by atoms with van der Waals surface area (Å²) in [5.74, 6) is 5.36. The molecule has 0 saturated carbocycles. The molecule has 0 radical (unpaired) electrons. The van der Waals surface area contributed by atoms with Crippen molar-refractivity contribution in [1.29, 1.82) is 0 Å². The quantitative estimate of drug-likeness (QED) is 0.383. The highest BCUT2D eigenvalue weighted by molar-refractivity contribution is 4.85. The van der Waals surface area contributed by atoms with E-state index in [0.29, 0.717) is 5.76 Å². The predicted molar refractivity (Wildman–Crippen MR) is 27.8 cm³/mol. The van der Waals surface area contributed by atoms with Gasteiger partial charge in [0.1, 0.15) is 5.76 Å². The Morgan fingerprint density at radius 3 is 2.43 bits per heavy atom. The molecule has 4 N–H and O–H groups in total. The molecule has 42 valence electrons. The maximum absolute atomic E-state index is 5.03. The zero-order valence-electron chi connectivity index (χ0n) is 4.35. The van der Waals surface area contributed by atoms with Gasteiger partial charge < -0.3 is 10.6 Å². The zero-order chi connectivity index (χ0) is 5.70. The summed E-state index contributed by atoms with van der Waals surface area (Å²) < 4.78 is 0. The molecule has 0 amide bonds. The summed E-state index contributed by atoms with van der Waals surface area (Å²) in [6.07, 6.45) is 2.09. The SMILES string of the molecule is CC/C(=C/N)ON. The normalized spacial score (nSPS) is 11.4. The minimum atomic E-state index is 0.611. The van der Waals surface area contributed by atoms with Crippen molar-refractivity contribution in [2.45, 2.75) is 13.3 Å². The number of nitrogens with two attached hydrogens (primary N) is 2. The lowest BCUT2D eigenvalue weighted by Gasteiger charge is -1.95. The van der Waals surface area contributed by atoms with Crippen LogP contribution in [0, 0.1) is 0 Å². The van der Waals surface area contributed by atoms with Crippen LogP contribution in [0.5, 0.6) is 0 Å². The highest BCUT2D eigenvalue weighted by Crippen LogP contribution is 1.93. The first-order valence-corrected chi connectivity index (χ1v) is 2.12. The number of hydrogen-bond acceptors (Lipinski definition) is 3. The van der Waals surface area contributed by atoms with Gasteiger partial charge in [-0.2, -0.15) is 5.90 Å². The Morgan fingerprint density at radius 1 is 1.86 bits per heavy atom. The molecular weight excluding hydrogens is 92.1 g/mol. The van der Waals surface area contributed by atoms with Gasteiger partial charge in [-0.15, -0.1) is 0 Å². The molecule has 0 aromatic heterocycles. The van der Waals surface area contributed by atoms with Gasteiger partial charge in [0, 0.05) is 12.6 Å². The molecule has 0 aromatic carbocycles. The van der Waals surface area contributed by atoms with Gasteiger partial charge in [0.25, 0.3) is 0 Å². The second kappa shape index (κ2) is 3.49. The maximum Gasteiger partial charge on any atom is 0.139 e. The molecule has 0 bridgehead atoms. The van der Waals surface area contributed by atoms with E-state index in [1.54, 1.807) is 0 Å². The van der Waals surface area contributed by atoms with Gasteiger partial charge in [-0.3, -0.25) is 0 Å². The fourth-order valence-corrected chi connectivity index (χ4v) is 0.240. The van der Waals surface area contributed by atoms with Crippen LogP contribution in [0.2, 0.25) is 0 Å². The molecule has 0 atom stereocenters. The fraction of sp³-hybridized carbons (Fsp3) is 0.500. The van der Waals surface area contributed by atoms with Gasteiger partial charge in [-0.25, -0.2) is 0 Å². The van der Waals surface area contributed by atoms with Crippen LogP contribution in [0.4, 0.5) is 0 Å². The van der Waals surface area contributed by atoms with Crippen LogP contribution in [-0.4, -0.2) is 0 Å². The van der Waals surface area contributed by atoms with Crippen molar-refractivity contribution in [1.82, 2.24) is 0 Å². The number of allylic oxidation sites excluding steroid dienone is 1. The van der Waals surface area contributed by atoms with E-state index in [1.165, 1.54) is 6.20 Å². The average molecular weight is 102 g/mol. The molecule has 0 aliphatic heterocycles. The third kappa shape index (κ3) is 2.05. The third-order valence-corrected chi connectivity index (χ3v) is 0.686. The minimum Gasteiger partial charge on any atom is -0.414 e. The summed E-state index contributed by atoms with van der Waals surface area (Å²) in [5, 5.41) is 0. The standard InChI is InChI=1S/C4H10N2O/c1-2-4(3-5)7-6/h3H,2,5-6H2,1H3/b4-3-. The van der Waals surface area contributed by atoms with Crippen molar-refractivity contribution in [3.63, 3.8) is 0 Å². The molecule has 3 nitrogen and oxygen atoms in total. The van der Waals surface area contributed by atoms with E-state index in [2.05, 4.69) is 4.84 Å². The van der Waals surface area contributed by atoms with Crippen LogP contribution in [0.1, 0.15) is 13.3 Å². The van der Waals surface area contributed by atoms with E-state index in [9.17, 15) is 0 Å². The molecule has 0 aliphatic carbocycles. The minimum absolute atomic E-state index is 0.611. The van der Waals surface area contributed by atoms with Gasteiger partial charge in [-0.05, 0) is 0 Å². The summed E-state index contributed by atoms with van der Waals surface area (Å²) >= 11 is 0. The van der Waals surface area contributed by atoms with E-state index >= 15 is 0 Å². The highest BCUT2D eigenvalue weighted by Gasteiger charge is 1.84. The van der Waals surface area contributed by atoms with E-state index in [-0.39, 0.29) is 0 Å². The smallest absolute Gasteiger partial charge is 0.139 e. The topological polar surface area (TPSA) is 61.3 Å². The van der Waals surface area contributed by atoms with Gasteiger partial charge in [-0.1, -0.05) is 6.92 Å². The second-order valence-corrected chi connectivity index (χ2v) is 1.10. The Labute approximate surface area is 42.9 Å². The van der Waals surface area contributed by atoms with Crippen molar-refractivity contribution < 1.29 is 4.84 Å². The molecule has 0 rings (SSSR count). The second-order valence-electron chi connectivity index (χ2n) is 1.10. The Bertz CT molecular complexity index is 64.1. The zero-order valence-corrected chi connectivity index (χ0v) is 4.35. The van der Waals surface area contributed by atoms with E-state index < -0.39 is 0 Å². The lowest BCUT2D eigenvalue weighted by Crippen LogP contribution is -1.99. The van der Waals surface area contributed by atoms with Gasteiger partial charge >= 0.3 is 0 Å². The number of hydrogen-bond donors (Lipinski definition) is 2. The van der Waals surface area contributed by atoms with Crippen molar-refractivity contribution >= 4 is 0 Å². The molecule has 0 saturated heterocycles. The van der Waals surface area contributed by atoms with E-state index in [0.717, 1.165) is 6.42 Å². The molecule has 0 aromatic rings. The molecule has 0 aliphatic rings. The lowest BCUT2D eigenvalue weighted by atomic mass is 10.4. The van der Waals surface area contributed by atoms with Gasteiger partial charge in [0.05, 0.1) is 0 Å². The molecule has 7 heavy (non-hydrogen) atoms. The fourth-order valence-electron chi connectivity index (χ4n) is 0.240. The Hall–Kier alpha value is -0.700. The molecule has 0 heterocycles. The summed E-state index contributed by atoms with van der Waals surface area (Å²) in [4.78, 5) is 4.28. The van der Waals surface area contributed by atoms with Crippen molar-refractivity contribution in [3.8, 4) is 0 Å². The molecule has 0 unspecified atom stereocenters. The van der Waals surface area contributed by atoms with Crippen LogP contribution in [0.15, 0.2) is 12.0 Å². The maximum atomic E-state index is 5.03. The van der Waals surface area contributed by atoms with Crippen LogP contribution in [0.3, 0.4) is 0 Å². The van der Waals surface area contributed by atoms with E-state index in [1.807, 2.05) is 6.92 Å². The largest absolute Gasteiger partial charge is 0.414 e. The summed E-state index contributed by atoms with van der Waals surface area (Å²) in [7, 11) is 0. The number of rotatable bonds is 2. The van der Waals surface area contributed by atoms with E-state index in [4.69, 9.17) is 11.6 Å². The lowest BCUT2D eigenvalue weighted by molar-refractivity contribution is 0.211. The van der Waals surface area contributed by atoms with Crippen molar-refractivity contribution in [2.24, 2.45) is 11.6 Å². The molecule has 0 spiro atoms. The van der Waals surface area contributed by atoms with Crippen LogP contribution in [0.25, 0.3) is 0 Å². The van der Waals surface area contributed by atoms with Crippen LogP contribution in [-0.2, 0) is 4.84 Å². The summed E-state index contributed by atoms with van der Waals surface area (Å²) in [6, 6.07) is 0. The molecule has 0 fully saturated rings. The van der Waals surface area contributed by atoms with Gasteiger partial charge in [0.15, 0.2) is 0 Å². The first-order chi connectivity index (χ1) is 3.35. The van der Waals surface area contributed by atoms with Crippen LogP contribution >= 0.6 is 0 Å². The Morgan fingerprint density at radius 2 is 2.43 bits per heavy atom. The monoisotopic (exact) mass is 102 g/mol. The first-order valence-electron chi connectivity index (χ1n) is 2.12. The van der Waals surface area contributed by atoms with Crippen molar-refractivity contribution in [2.75, 3.05) is 0 Å². The van der Waals surface area contributed by atoms with Crippen LogP contribution < -0.4 is 11.6 Å². The summed E-state index contributed by atoms with van der Waals surface area (Å²) in [6.45, 7) is 1.91. The highest BCUT2D eigenvalue weighted by atomic mass is 16.6. The average Bonchev–Trinajstić information content (AvgIpc) is 1.72. The Balaban J connectivity index is 3.38. The predicted octanol–water partition coefficient (Wildman–Crippen LogP) is 0.0868.